The van der Waals surface area contributed by atoms with Gasteiger partial charge in [0.25, 0.3) is 5.91 Å². The Labute approximate surface area is 178 Å². The molecule has 28 heavy (non-hydrogen) atoms. The van der Waals surface area contributed by atoms with Crippen molar-refractivity contribution in [1.82, 2.24) is 5.32 Å². The highest BCUT2D eigenvalue weighted by atomic mass is 79.9. The highest BCUT2D eigenvalue weighted by molar-refractivity contribution is 9.10. The lowest BCUT2D eigenvalue weighted by Gasteiger charge is -2.14. The first-order valence-corrected chi connectivity index (χ1v) is 10.9. The van der Waals surface area contributed by atoms with Crippen molar-refractivity contribution in [2.75, 3.05) is 13.2 Å². The molecule has 2 aromatic rings. The van der Waals surface area contributed by atoms with Crippen LogP contribution in [0.25, 0.3) is 0 Å². The third kappa shape index (κ3) is 6.95. The number of hydrogen-bond acceptors (Lipinski definition) is 4. The SMILES string of the molecule is Cc1cc(OCC(C)CCc2ccc(C(=O)NCCC(=O)O)s2)cc(C)c1Br. The number of benzene rings is 1. The van der Waals surface area contributed by atoms with E-state index >= 15 is 0 Å². The quantitative estimate of drug-likeness (QED) is 0.516. The third-order valence-electron chi connectivity index (χ3n) is 4.34. The maximum atomic E-state index is 12.0. The molecule has 1 unspecified atom stereocenters. The van der Waals surface area contributed by atoms with Crippen LogP contribution in [-0.4, -0.2) is 30.1 Å². The number of aryl methyl sites for hydroxylation is 3. The Balaban J connectivity index is 1.77. The minimum atomic E-state index is -0.920. The molecular formula is C21H26BrNO4S. The number of nitrogens with one attached hydrogen (secondary N) is 1. The lowest BCUT2D eigenvalue weighted by Crippen LogP contribution is -2.25. The van der Waals surface area contributed by atoms with E-state index in [9.17, 15) is 9.59 Å². The zero-order valence-corrected chi connectivity index (χ0v) is 18.8. The predicted molar refractivity (Wildman–Crippen MR) is 116 cm³/mol. The van der Waals surface area contributed by atoms with Crippen LogP contribution in [-0.2, 0) is 11.2 Å². The van der Waals surface area contributed by atoms with Crippen molar-refractivity contribution in [2.24, 2.45) is 5.92 Å². The van der Waals surface area contributed by atoms with E-state index in [0.717, 1.165) is 39.1 Å². The summed E-state index contributed by atoms with van der Waals surface area (Å²) >= 11 is 5.02. The summed E-state index contributed by atoms with van der Waals surface area (Å²) in [4.78, 5) is 24.3. The number of ether oxygens (including phenoxy) is 1. The standard InChI is InChI=1S/C21H26BrNO4S/c1-13(12-27-16-10-14(2)20(22)15(3)11-16)4-5-17-6-7-18(28-17)21(26)23-9-8-19(24)25/h6-7,10-11,13H,4-5,8-9,12H2,1-3H3,(H,23,26)(H,24,25). The summed E-state index contributed by atoms with van der Waals surface area (Å²) in [5.74, 6) is 0.146. The van der Waals surface area contributed by atoms with Gasteiger partial charge in [-0.05, 0) is 68.0 Å². The Morgan fingerprint density at radius 3 is 2.57 bits per heavy atom. The van der Waals surface area contributed by atoms with Crippen molar-refractivity contribution in [3.8, 4) is 5.75 Å². The van der Waals surface area contributed by atoms with E-state index in [0.29, 0.717) is 17.4 Å². The maximum Gasteiger partial charge on any atom is 0.305 e. The predicted octanol–water partition coefficient (Wildman–Crippen LogP) is 4.98. The van der Waals surface area contributed by atoms with E-state index in [2.05, 4.69) is 42.0 Å². The summed E-state index contributed by atoms with van der Waals surface area (Å²) in [6, 6.07) is 7.84. The summed E-state index contributed by atoms with van der Waals surface area (Å²) in [5, 5.41) is 11.2. The fraction of sp³-hybridized carbons (Fsp3) is 0.429. The second-order valence-corrected chi connectivity index (χ2v) is 8.95. The smallest absolute Gasteiger partial charge is 0.305 e. The van der Waals surface area contributed by atoms with Crippen molar-refractivity contribution < 1.29 is 19.4 Å². The van der Waals surface area contributed by atoms with Crippen LogP contribution in [0.3, 0.4) is 0 Å². The third-order valence-corrected chi connectivity index (χ3v) is 6.73. The Bertz CT molecular complexity index is 811. The van der Waals surface area contributed by atoms with Crippen molar-refractivity contribution in [3.63, 3.8) is 0 Å². The number of aliphatic carboxylic acids is 1. The number of thiophene rings is 1. The van der Waals surface area contributed by atoms with E-state index in [4.69, 9.17) is 9.84 Å². The summed E-state index contributed by atoms with van der Waals surface area (Å²) < 4.78 is 7.07. The van der Waals surface area contributed by atoms with Gasteiger partial charge in [0.2, 0.25) is 0 Å². The number of amides is 1. The second-order valence-electron chi connectivity index (χ2n) is 6.99. The van der Waals surface area contributed by atoms with Crippen LogP contribution < -0.4 is 10.1 Å². The van der Waals surface area contributed by atoms with Gasteiger partial charge in [-0.2, -0.15) is 0 Å². The molecule has 0 aliphatic heterocycles. The number of hydrogen-bond donors (Lipinski definition) is 2. The molecule has 0 aliphatic rings. The molecule has 0 aliphatic carbocycles. The Morgan fingerprint density at radius 1 is 1.25 bits per heavy atom. The largest absolute Gasteiger partial charge is 0.493 e. The van der Waals surface area contributed by atoms with Gasteiger partial charge in [0.05, 0.1) is 17.9 Å². The summed E-state index contributed by atoms with van der Waals surface area (Å²) in [6.07, 6.45) is 1.78. The van der Waals surface area contributed by atoms with Crippen molar-refractivity contribution in [1.29, 1.82) is 0 Å². The number of rotatable bonds is 10. The van der Waals surface area contributed by atoms with Crippen LogP contribution in [0, 0.1) is 19.8 Å². The van der Waals surface area contributed by atoms with Gasteiger partial charge in [0.15, 0.2) is 0 Å². The number of halogens is 1. The van der Waals surface area contributed by atoms with Gasteiger partial charge in [-0.1, -0.05) is 22.9 Å². The number of carbonyl (C=O) groups excluding carboxylic acids is 1. The van der Waals surface area contributed by atoms with Crippen LogP contribution in [0.1, 0.15) is 45.4 Å². The molecule has 0 saturated heterocycles. The number of carboxylic acid groups (broad SMARTS) is 1. The lowest BCUT2D eigenvalue weighted by atomic mass is 10.1. The van der Waals surface area contributed by atoms with Gasteiger partial charge >= 0.3 is 5.97 Å². The van der Waals surface area contributed by atoms with E-state index in [1.807, 2.05) is 18.2 Å². The number of carbonyl (C=O) groups is 2. The van der Waals surface area contributed by atoms with E-state index in [-0.39, 0.29) is 18.9 Å². The average Bonchev–Trinajstić information content (AvgIpc) is 3.11. The van der Waals surface area contributed by atoms with Crippen LogP contribution in [0.2, 0.25) is 0 Å². The van der Waals surface area contributed by atoms with E-state index < -0.39 is 5.97 Å². The summed E-state index contributed by atoms with van der Waals surface area (Å²) in [6.45, 7) is 7.06. The van der Waals surface area contributed by atoms with Gasteiger partial charge in [0.1, 0.15) is 5.75 Å². The topological polar surface area (TPSA) is 75.6 Å². The molecule has 1 amide bonds. The zero-order valence-electron chi connectivity index (χ0n) is 16.4. The zero-order chi connectivity index (χ0) is 20.7. The molecule has 1 heterocycles. The fourth-order valence-electron chi connectivity index (χ4n) is 2.70. The monoisotopic (exact) mass is 467 g/mol. The highest BCUT2D eigenvalue weighted by Crippen LogP contribution is 2.27. The maximum absolute atomic E-state index is 12.0. The van der Waals surface area contributed by atoms with E-state index in [1.165, 1.54) is 11.3 Å². The Hall–Kier alpha value is -1.86. The minimum Gasteiger partial charge on any atom is -0.493 e. The summed E-state index contributed by atoms with van der Waals surface area (Å²) in [7, 11) is 0. The molecule has 1 aromatic heterocycles. The normalized spacial score (nSPS) is 11.9. The molecule has 1 aromatic carbocycles. The van der Waals surface area contributed by atoms with Crippen LogP contribution in [0.15, 0.2) is 28.7 Å². The molecule has 0 fully saturated rings. The van der Waals surface area contributed by atoms with E-state index in [1.54, 1.807) is 6.07 Å². The first-order chi connectivity index (χ1) is 13.3. The second kappa shape index (κ2) is 10.6. The minimum absolute atomic E-state index is 0.0705. The van der Waals surface area contributed by atoms with Crippen molar-refractivity contribution in [2.45, 2.75) is 40.0 Å². The van der Waals surface area contributed by atoms with Gasteiger partial charge in [-0.25, -0.2) is 0 Å². The Kier molecular flexibility index (Phi) is 8.51. The van der Waals surface area contributed by atoms with Crippen molar-refractivity contribution in [3.05, 3.63) is 49.6 Å². The van der Waals surface area contributed by atoms with Gasteiger partial charge < -0.3 is 15.2 Å². The fourth-order valence-corrected chi connectivity index (χ4v) is 3.87. The molecule has 7 heteroatoms. The van der Waals surface area contributed by atoms with Gasteiger partial charge in [0, 0.05) is 15.9 Å². The molecular weight excluding hydrogens is 442 g/mol. The molecule has 2 rings (SSSR count). The summed E-state index contributed by atoms with van der Waals surface area (Å²) in [5.41, 5.74) is 2.32. The highest BCUT2D eigenvalue weighted by Gasteiger charge is 2.11. The molecule has 152 valence electrons. The van der Waals surface area contributed by atoms with Gasteiger partial charge in [-0.15, -0.1) is 11.3 Å². The first-order valence-electron chi connectivity index (χ1n) is 9.24. The molecule has 0 bridgehead atoms. The van der Waals surface area contributed by atoms with Gasteiger partial charge in [-0.3, -0.25) is 9.59 Å². The molecule has 5 nitrogen and oxygen atoms in total. The van der Waals surface area contributed by atoms with Crippen LogP contribution in [0.5, 0.6) is 5.75 Å². The average molecular weight is 468 g/mol. The van der Waals surface area contributed by atoms with Crippen molar-refractivity contribution >= 4 is 39.1 Å². The molecule has 1 atom stereocenters. The number of carboxylic acids is 1. The Morgan fingerprint density at radius 2 is 1.93 bits per heavy atom. The van der Waals surface area contributed by atoms with Crippen LogP contribution in [0.4, 0.5) is 0 Å². The molecule has 0 radical (unpaired) electrons. The molecule has 0 spiro atoms. The lowest BCUT2D eigenvalue weighted by molar-refractivity contribution is -0.136. The first kappa shape index (κ1) is 22.4. The molecule has 0 saturated carbocycles. The molecule has 2 N–H and O–H groups in total. The van der Waals surface area contributed by atoms with Crippen LogP contribution >= 0.6 is 27.3 Å².